The van der Waals surface area contributed by atoms with Gasteiger partial charge < -0.3 is 0 Å². The standard InChI is InChI=1S/C11H17NO/c1-10(2)7-8-11(13)6-4-3-5-9-12/h4,6,10H,3,5,7-8H2,1-2H3/b6-4+. The highest BCUT2D eigenvalue weighted by atomic mass is 16.1. The first kappa shape index (κ1) is 11.9. The van der Waals surface area contributed by atoms with Gasteiger partial charge in [0.15, 0.2) is 5.78 Å². The van der Waals surface area contributed by atoms with Crippen molar-refractivity contribution in [2.24, 2.45) is 5.92 Å². The fourth-order valence-electron chi connectivity index (χ4n) is 0.877. The highest BCUT2D eigenvalue weighted by Gasteiger charge is 1.98. The van der Waals surface area contributed by atoms with Gasteiger partial charge in [-0.3, -0.25) is 4.79 Å². The van der Waals surface area contributed by atoms with Crippen molar-refractivity contribution >= 4 is 5.78 Å². The zero-order chi connectivity index (χ0) is 10.1. The summed E-state index contributed by atoms with van der Waals surface area (Å²) in [7, 11) is 0. The minimum absolute atomic E-state index is 0.173. The fraction of sp³-hybridized carbons (Fsp3) is 0.636. The van der Waals surface area contributed by atoms with Crippen LogP contribution in [-0.4, -0.2) is 5.78 Å². The maximum Gasteiger partial charge on any atom is 0.155 e. The largest absolute Gasteiger partial charge is 0.295 e. The molecule has 0 radical (unpaired) electrons. The van der Waals surface area contributed by atoms with Gasteiger partial charge in [0.25, 0.3) is 0 Å². The molecular formula is C11H17NO. The van der Waals surface area contributed by atoms with Crippen molar-refractivity contribution in [2.75, 3.05) is 0 Å². The quantitative estimate of drug-likeness (QED) is 0.464. The Labute approximate surface area is 80.3 Å². The van der Waals surface area contributed by atoms with Crippen LogP contribution in [0, 0.1) is 17.2 Å². The third-order valence-electron chi connectivity index (χ3n) is 1.69. The van der Waals surface area contributed by atoms with Gasteiger partial charge in [0.2, 0.25) is 0 Å². The number of nitriles is 1. The van der Waals surface area contributed by atoms with E-state index in [1.807, 2.05) is 6.07 Å². The molecule has 2 nitrogen and oxygen atoms in total. The van der Waals surface area contributed by atoms with E-state index in [2.05, 4.69) is 13.8 Å². The van der Waals surface area contributed by atoms with Crippen LogP contribution >= 0.6 is 0 Å². The minimum atomic E-state index is 0.173. The Morgan fingerprint density at radius 2 is 2.23 bits per heavy atom. The van der Waals surface area contributed by atoms with E-state index in [4.69, 9.17) is 5.26 Å². The molecule has 0 atom stereocenters. The van der Waals surface area contributed by atoms with E-state index in [0.717, 1.165) is 6.42 Å². The molecule has 0 aliphatic carbocycles. The van der Waals surface area contributed by atoms with Crippen molar-refractivity contribution < 1.29 is 4.79 Å². The second-order valence-electron chi connectivity index (χ2n) is 3.50. The number of hydrogen-bond acceptors (Lipinski definition) is 2. The van der Waals surface area contributed by atoms with Crippen LogP contribution in [0.5, 0.6) is 0 Å². The topological polar surface area (TPSA) is 40.9 Å². The van der Waals surface area contributed by atoms with E-state index >= 15 is 0 Å². The van der Waals surface area contributed by atoms with Gasteiger partial charge in [-0.05, 0) is 24.8 Å². The van der Waals surface area contributed by atoms with Gasteiger partial charge in [-0.1, -0.05) is 19.9 Å². The third-order valence-corrected chi connectivity index (χ3v) is 1.69. The van der Waals surface area contributed by atoms with Crippen LogP contribution in [0.3, 0.4) is 0 Å². The van der Waals surface area contributed by atoms with Crippen molar-refractivity contribution in [2.45, 2.75) is 39.5 Å². The van der Waals surface area contributed by atoms with Gasteiger partial charge >= 0.3 is 0 Å². The Kier molecular flexibility index (Phi) is 6.91. The first-order chi connectivity index (χ1) is 6.16. The molecule has 2 heteroatoms. The number of carbonyl (C=O) groups is 1. The van der Waals surface area contributed by atoms with Crippen LogP contribution in [-0.2, 0) is 4.79 Å². The summed E-state index contributed by atoms with van der Waals surface area (Å²) in [5.41, 5.74) is 0. The smallest absolute Gasteiger partial charge is 0.155 e. The first-order valence-corrected chi connectivity index (χ1v) is 4.73. The number of rotatable bonds is 6. The van der Waals surface area contributed by atoms with Gasteiger partial charge in [0.05, 0.1) is 6.07 Å². The number of carbonyl (C=O) groups excluding carboxylic acids is 1. The Morgan fingerprint density at radius 3 is 2.77 bits per heavy atom. The van der Waals surface area contributed by atoms with Gasteiger partial charge in [-0.25, -0.2) is 0 Å². The van der Waals surface area contributed by atoms with Gasteiger partial charge in [-0.2, -0.15) is 5.26 Å². The molecule has 13 heavy (non-hydrogen) atoms. The van der Waals surface area contributed by atoms with Crippen LogP contribution in [0.15, 0.2) is 12.2 Å². The molecule has 0 heterocycles. The predicted octanol–water partition coefficient (Wildman–Crippen LogP) is 2.85. The van der Waals surface area contributed by atoms with E-state index in [0.29, 0.717) is 25.2 Å². The lowest BCUT2D eigenvalue weighted by molar-refractivity contribution is -0.114. The van der Waals surface area contributed by atoms with Crippen LogP contribution in [0.1, 0.15) is 39.5 Å². The summed E-state index contributed by atoms with van der Waals surface area (Å²) in [4.78, 5) is 11.1. The molecule has 0 aliphatic heterocycles. The lowest BCUT2D eigenvalue weighted by atomic mass is 10.1. The maximum atomic E-state index is 11.1. The fourth-order valence-corrected chi connectivity index (χ4v) is 0.877. The van der Waals surface area contributed by atoms with Gasteiger partial charge in [0, 0.05) is 12.8 Å². The second kappa shape index (κ2) is 7.54. The summed E-state index contributed by atoms with van der Waals surface area (Å²) < 4.78 is 0. The van der Waals surface area contributed by atoms with E-state index in [-0.39, 0.29) is 5.78 Å². The molecule has 0 aromatic carbocycles. The molecule has 0 spiro atoms. The molecule has 0 unspecified atom stereocenters. The highest BCUT2D eigenvalue weighted by Crippen LogP contribution is 2.04. The molecule has 72 valence electrons. The van der Waals surface area contributed by atoms with Crippen molar-refractivity contribution in [3.8, 4) is 6.07 Å². The minimum Gasteiger partial charge on any atom is -0.295 e. The van der Waals surface area contributed by atoms with E-state index < -0.39 is 0 Å². The SMILES string of the molecule is CC(C)CCC(=O)/C=C/CCC#N. The van der Waals surface area contributed by atoms with Gasteiger partial charge in [0.1, 0.15) is 0 Å². The van der Waals surface area contributed by atoms with Crippen LogP contribution in [0.25, 0.3) is 0 Å². The molecule has 0 saturated heterocycles. The molecule has 0 aliphatic rings. The molecule has 0 fully saturated rings. The summed E-state index contributed by atoms with van der Waals surface area (Å²) in [5, 5.41) is 8.24. The average molecular weight is 179 g/mol. The maximum absolute atomic E-state index is 11.1. The number of ketones is 1. The van der Waals surface area contributed by atoms with Crippen LogP contribution in [0.4, 0.5) is 0 Å². The summed E-state index contributed by atoms with van der Waals surface area (Å²) in [6.07, 6.45) is 6.13. The molecule has 0 N–H and O–H groups in total. The Morgan fingerprint density at radius 1 is 1.54 bits per heavy atom. The van der Waals surface area contributed by atoms with Crippen molar-refractivity contribution in [1.29, 1.82) is 5.26 Å². The first-order valence-electron chi connectivity index (χ1n) is 4.73. The van der Waals surface area contributed by atoms with Crippen molar-refractivity contribution in [3.63, 3.8) is 0 Å². The summed E-state index contributed by atoms with van der Waals surface area (Å²) in [6, 6.07) is 2.03. The molecule has 0 aromatic rings. The number of allylic oxidation sites excluding steroid dienone is 2. The van der Waals surface area contributed by atoms with Crippen LogP contribution in [0.2, 0.25) is 0 Å². The van der Waals surface area contributed by atoms with Crippen LogP contribution < -0.4 is 0 Å². The predicted molar refractivity (Wildman–Crippen MR) is 53.1 cm³/mol. The molecule has 0 aromatic heterocycles. The molecule has 0 rings (SSSR count). The van der Waals surface area contributed by atoms with Gasteiger partial charge in [-0.15, -0.1) is 0 Å². The van der Waals surface area contributed by atoms with Crippen molar-refractivity contribution in [3.05, 3.63) is 12.2 Å². The zero-order valence-electron chi connectivity index (χ0n) is 8.42. The normalized spacial score (nSPS) is 10.6. The summed E-state index contributed by atoms with van der Waals surface area (Å²) in [5.74, 6) is 0.753. The monoisotopic (exact) mass is 179 g/mol. The van der Waals surface area contributed by atoms with E-state index in [1.165, 1.54) is 0 Å². The number of nitrogens with zero attached hydrogens (tertiary/aromatic N) is 1. The Hall–Kier alpha value is -1.10. The van der Waals surface area contributed by atoms with Crippen molar-refractivity contribution in [1.82, 2.24) is 0 Å². The summed E-state index contributed by atoms with van der Waals surface area (Å²) >= 11 is 0. The number of unbranched alkanes of at least 4 members (excludes halogenated alkanes) is 1. The highest BCUT2D eigenvalue weighted by molar-refractivity contribution is 5.89. The molecule has 0 saturated carbocycles. The second-order valence-corrected chi connectivity index (χ2v) is 3.50. The molecule has 0 amide bonds. The lowest BCUT2D eigenvalue weighted by Gasteiger charge is -1.99. The number of hydrogen-bond donors (Lipinski definition) is 0. The Bertz CT molecular complexity index is 211. The summed E-state index contributed by atoms with van der Waals surface area (Å²) in [6.45, 7) is 4.21. The van der Waals surface area contributed by atoms with E-state index in [9.17, 15) is 4.79 Å². The molecular weight excluding hydrogens is 162 g/mol. The zero-order valence-corrected chi connectivity index (χ0v) is 8.42. The third kappa shape index (κ3) is 8.81. The molecule has 0 bridgehead atoms. The van der Waals surface area contributed by atoms with E-state index in [1.54, 1.807) is 12.2 Å². The lowest BCUT2D eigenvalue weighted by Crippen LogP contribution is -1.96. The Balaban J connectivity index is 3.51. The average Bonchev–Trinajstić information content (AvgIpc) is 2.09.